The molecule has 1 unspecified atom stereocenters. The van der Waals surface area contributed by atoms with E-state index in [1.165, 1.54) is 12.8 Å². The van der Waals surface area contributed by atoms with Crippen LogP contribution < -0.4 is 10.6 Å². The predicted octanol–water partition coefficient (Wildman–Crippen LogP) is 1.58. The minimum atomic E-state index is 0.333. The molecule has 0 spiro atoms. The van der Waals surface area contributed by atoms with E-state index in [1.807, 2.05) is 32.5 Å². The standard InChI is InChI=1S/C21H34N8O/c1-14-15(2)30-20(24-14)13-28-9-7-17(8-10-28)11-23-21(22-4)26-18-5-6-19-25-16(3)27-29(19)12-18/h17-18H,5-13H2,1-4H3,(H2,22,23,26). The summed E-state index contributed by atoms with van der Waals surface area (Å²) in [5.41, 5.74) is 0.996. The van der Waals surface area contributed by atoms with Gasteiger partial charge in [0.2, 0.25) is 5.89 Å². The first kappa shape index (κ1) is 20.8. The molecule has 0 aliphatic carbocycles. The smallest absolute Gasteiger partial charge is 0.208 e. The lowest BCUT2D eigenvalue weighted by atomic mass is 9.97. The zero-order valence-corrected chi connectivity index (χ0v) is 18.6. The molecule has 0 radical (unpaired) electrons. The van der Waals surface area contributed by atoms with E-state index < -0.39 is 0 Å². The number of hydrogen-bond acceptors (Lipinski definition) is 6. The van der Waals surface area contributed by atoms with Gasteiger partial charge in [-0.15, -0.1) is 0 Å². The summed E-state index contributed by atoms with van der Waals surface area (Å²) in [6, 6.07) is 0.333. The maximum Gasteiger partial charge on any atom is 0.208 e. The number of aromatic nitrogens is 4. The highest BCUT2D eigenvalue weighted by Crippen LogP contribution is 2.19. The van der Waals surface area contributed by atoms with Crippen LogP contribution in [-0.4, -0.2) is 63.3 Å². The molecule has 0 amide bonds. The van der Waals surface area contributed by atoms with Crippen molar-refractivity contribution in [1.82, 2.24) is 35.3 Å². The van der Waals surface area contributed by atoms with Crippen LogP contribution in [0.15, 0.2) is 9.41 Å². The first-order chi connectivity index (χ1) is 14.5. The topological polar surface area (TPSA) is 96.4 Å². The lowest BCUT2D eigenvalue weighted by molar-refractivity contribution is 0.164. The molecule has 2 aliphatic heterocycles. The number of hydrogen-bond donors (Lipinski definition) is 2. The summed E-state index contributed by atoms with van der Waals surface area (Å²) in [5.74, 6) is 5.25. The van der Waals surface area contributed by atoms with Gasteiger partial charge >= 0.3 is 0 Å². The maximum atomic E-state index is 5.73. The average molecular weight is 415 g/mol. The van der Waals surface area contributed by atoms with Crippen molar-refractivity contribution in [1.29, 1.82) is 0 Å². The van der Waals surface area contributed by atoms with Crippen LogP contribution in [0.1, 0.15) is 48.3 Å². The summed E-state index contributed by atoms with van der Waals surface area (Å²) >= 11 is 0. The van der Waals surface area contributed by atoms with Crippen molar-refractivity contribution >= 4 is 5.96 Å². The van der Waals surface area contributed by atoms with Gasteiger partial charge in [-0.05, 0) is 59.0 Å². The quantitative estimate of drug-likeness (QED) is 0.566. The molecule has 0 saturated carbocycles. The maximum absolute atomic E-state index is 5.73. The predicted molar refractivity (Wildman–Crippen MR) is 115 cm³/mol. The molecular formula is C21H34N8O. The van der Waals surface area contributed by atoms with Crippen molar-refractivity contribution in [3.8, 4) is 0 Å². The van der Waals surface area contributed by atoms with Crippen molar-refractivity contribution in [3.63, 3.8) is 0 Å². The summed E-state index contributed by atoms with van der Waals surface area (Å²) in [7, 11) is 1.84. The highest BCUT2D eigenvalue weighted by Gasteiger charge is 2.23. The van der Waals surface area contributed by atoms with Crippen LogP contribution in [0.2, 0.25) is 0 Å². The third kappa shape index (κ3) is 5.00. The summed E-state index contributed by atoms with van der Waals surface area (Å²) < 4.78 is 7.76. The molecular weight excluding hydrogens is 380 g/mol. The number of nitrogens with zero attached hydrogens (tertiary/aromatic N) is 6. The fraction of sp³-hybridized carbons (Fsp3) is 0.714. The Morgan fingerprint density at radius 2 is 1.97 bits per heavy atom. The molecule has 164 valence electrons. The average Bonchev–Trinajstić information content (AvgIpc) is 3.26. The van der Waals surface area contributed by atoms with Gasteiger partial charge in [0, 0.05) is 26.1 Å². The summed E-state index contributed by atoms with van der Waals surface area (Å²) in [4.78, 5) is 15.9. The molecule has 1 atom stereocenters. The summed E-state index contributed by atoms with van der Waals surface area (Å²) in [6.45, 7) is 10.7. The van der Waals surface area contributed by atoms with E-state index in [1.54, 1.807) is 0 Å². The Labute approximate surface area is 178 Å². The van der Waals surface area contributed by atoms with E-state index in [4.69, 9.17) is 4.42 Å². The van der Waals surface area contributed by atoms with E-state index >= 15 is 0 Å². The molecule has 0 aromatic carbocycles. The normalized spacial score (nSPS) is 20.9. The number of rotatable bonds is 5. The monoisotopic (exact) mass is 414 g/mol. The zero-order chi connectivity index (χ0) is 21.1. The van der Waals surface area contributed by atoms with Gasteiger partial charge in [-0.2, -0.15) is 5.10 Å². The minimum Gasteiger partial charge on any atom is -0.444 e. The van der Waals surface area contributed by atoms with Crippen molar-refractivity contribution in [3.05, 3.63) is 29.0 Å². The lowest BCUT2D eigenvalue weighted by Gasteiger charge is -2.32. The van der Waals surface area contributed by atoms with E-state index in [9.17, 15) is 0 Å². The van der Waals surface area contributed by atoms with Gasteiger partial charge in [0.15, 0.2) is 5.96 Å². The SMILES string of the molecule is CN=C(NCC1CCN(Cc2nc(C)c(C)o2)CC1)NC1CCc2nc(C)nn2C1. The number of aliphatic imine (C=N–C) groups is 1. The van der Waals surface area contributed by atoms with Crippen molar-refractivity contribution in [2.24, 2.45) is 10.9 Å². The van der Waals surface area contributed by atoms with Gasteiger partial charge in [0.25, 0.3) is 0 Å². The Morgan fingerprint density at radius 1 is 1.17 bits per heavy atom. The second-order valence-electron chi connectivity index (χ2n) is 8.56. The molecule has 1 fully saturated rings. The molecule has 0 bridgehead atoms. The van der Waals surface area contributed by atoms with Crippen LogP contribution in [0.5, 0.6) is 0 Å². The number of piperidine rings is 1. The Hall–Kier alpha value is -2.42. The fourth-order valence-corrected chi connectivity index (χ4v) is 4.33. The molecule has 4 heterocycles. The van der Waals surface area contributed by atoms with Crippen LogP contribution in [-0.2, 0) is 19.5 Å². The van der Waals surface area contributed by atoms with Gasteiger partial charge in [-0.1, -0.05) is 0 Å². The molecule has 9 nitrogen and oxygen atoms in total. The van der Waals surface area contributed by atoms with E-state index in [2.05, 4.69) is 35.6 Å². The molecule has 1 saturated heterocycles. The third-order valence-electron chi connectivity index (χ3n) is 6.23. The van der Waals surface area contributed by atoms with Crippen LogP contribution in [0.25, 0.3) is 0 Å². The first-order valence-electron chi connectivity index (χ1n) is 11.0. The molecule has 2 aromatic heterocycles. The van der Waals surface area contributed by atoms with E-state index in [0.29, 0.717) is 12.0 Å². The van der Waals surface area contributed by atoms with Gasteiger partial charge in [-0.25, -0.2) is 14.6 Å². The zero-order valence-electron chi connectivity index (χ0n) is 18.6. The Kier molecular flexibility index (Phi) is 6.36. The number of aryl methyl sites for hydroxylation is 4. The number of guanidine groups is 1. The second-order valence-corrected chi connectivity index (χ2v) is 8.56. The molecule has 9 heteroatoms. The van der Waals surface area contributed by atoms with E-state index in [-0.39, 0.29) is 0 Å². The third-order valence-corrected chi connectivity index (χ3v) is 6.23. The van der Waals surface area contributed by atoms with Gasteiger partial charge < -0.3 is 15.1 Å². The number of nitrogens with one attached hydrogen (secondary N) is 2. The first-order valence-corrected chi connectivity index (χ1v) is 11.0. The van der Waals surface area contributed by atoms with Crippen LogP contribution in [0.3, 0.4) is 0 Å². The Morgan fingerprint density at radius 3 is 2.67 bits per heavy atom. The minimum absolute atomic E-state index is 0.333. The molecule has 30 heavy (non-hydrogen) atoms. The fourth-order valence-electron chi connectivity index (χ4n) is 4.33. The number of oxazole rings is 1. The van der Waals surface area contributed by atoms with Crippen LogP contribution >= 0.6 is 0 Å². The van der Waals surface area contributed by atoms with Crippen molar-refractivity contribution < 1.29 is 4.42 Å². The number of likely N-dealkylation sites (tertiary alicyclic amines) is 1. The summed E-state index contributed by atoms with van der Waals surface area (Å²) in [6.07, 6.45) is 4.36. The largest absolute Gasteiger partial charge is 0.444 e. The van der Waals surface area contributed by atoms with Crippen LogP contribution in [0.4, 0.5) is 0 Å². The van der Waals surface area contributed by atoms with Crippen molar-refractivity contribution in [2.45, 2.75) is 65.6 Å². The van der Waals surface area contributed by atoms with Gasteiger partial charge in [0.05, 0.1) is 18.8 Å². The second kappa shape index (κ2) is 9.16. The van der Waals surface area contributed by atoms with Crippen LogP contribution in [0, 0.1) is 26.7 Å². The van der Waals surface area contributed by atoms with E-state index in [0.717, 1.165) is 80.5 Å². The molecule has 2 aliphatic rings. The highest BCUT2D eigenvalue weighted by molar-refractivity contribution is 5.79. The molecule has 2 N–H and O–H groups in total. The number of fused-ring (bicyclic) bond motifs is 1. The summed E-state index contributed by atoms with van der Waals surface area (Å²) in [5, 5.41) is 11.6. The van der Waals surface area contributed by atoms with Crippen molar-refractivity contribution in [2.75, 3.05) is 26.7 Å². The Bertz CT molecular complexity index is 858. The highest BCUT2D eigenvalue weighted by atomic mass is 16.4. The van der Waals surface area contributed by atoms with Gasteiger partial charge in [0.1, 0.15) is 17.4 Å². The Balaban J connectivity index is 1.19. The molecule has 4 rings (SSSR count). The lowest BCUT2D eigenvalue weighted by Crippen LogP contribution is -2.48. The molecule has 2 aromatic rings. The van der Waals surface area contributed by atoms with Gasteiger partial charge in [-0.3, -0.25) is 9.89 Å².